The number of halogens is 3. The fourth-order valence-corrected chi connectivity index (χ4v) is 5.74. The molecule has 1 unspecified atom stereocenters. The van der Waals surface area contributed by atoms with Crippen molar-refractivity contribution >= 4 is 23.2 Å². The highest BCUT2D eigenvalue weighted by Gasteiger charge is 2.30. The van der Waals surface area contributed by atoms with Crippen molar-refractivity contribution < 1.29 is 22.8 Å². The lowest BCUT2D eigenvalue weighted by Gasteiger charge is -2.33. The van der Waals surface area contributed by atoms with Crippen molar-refractivity contribution in [3.05, 3.63) is 120 Å². The SMILES string of the molecule is C.C.CCNC(=O)C(NC1CCC(Nc2ccc(NC(=O)c3ccccc3-c3ccc(C(F)(F)F)cc3)cc2)CC1)c1ccccc1. The van der Waals surface area contributed by atoms with E-state index in [-0.39, 0.29) is 38.8 Å². The molecular weight excluding hydrogens is 601 g/mol. The molecule has 0 spiro atoms. The number of hydrogen-bond donors (Lipinski definition) is 4. The normalized spacial score (nSPS) is 16.5. The number of rotatable bonds is 10. The summed E-state index contributed by atoms with van der Waals surface area (Å²) in [4.78, 5) is 25.9. The van der Waals surface area contributed by atoms with Crippen LogP contribution in [0.25, 0.3) is 11.1 Å². The van der Waals surface area contributed by atoms with E-state index in [0.717, 1.165) is 49.1 Å². The van der Waals surface area contributed by atoms with Crippen LogP contribution in [0.4, 0.5) is 24.5 Å². The summed E-state index contributed by atoms with van der Waals surface area (Å²) in [5.41, 5.74) is 3.22. The lowest BCUT2D eigenvalue weighted by Crippen LogP contribution is -2.44. The largest absolute Gasteiger partial charge is 0.416 e. The minimum absolute atomic E-state index is 0. The Hall–Kier alpha value is -4.63. The van der Waals surface area contributed by atoms with E-state index >= 15 is 0 Å². The highest BCUT2D eigenvalue weighted by molar-refractivity contribution is 6.08. The topological polar surface area (TPSA) is 82.3 Å². The number of anilines is 2. The summed E-state index contributed by atoms with van der Waals surface area (Å²) in [5.74, 6) is -0.363. The molecule has 0 radical (unpaired) electrons. The maximum atomic E-state index is 13.2. The molecule has 47 heavy (non-hydrogen) atoms. The first kappa shape index (κ1) is 36.8. The van der Waals surface area contributed by atoms with Crippen LogP contribution in [0.1, 0.15) is 75.0 Å². The quantitative estimate of drug-likeness (QED) is 0.139. The summed E-state index contributed by atoms with van der Waals surface area (Å²) in [5, 5.41) is 13.0. The lowest BCUT2D eigenvalue weighted by molar-refractivity contribution is -0.137. The molecule has 1 aliphatic carbocycles. The van der Waals surface area contributed by atoms with Gasteiger partial charge in [0.2, 0.25) is 5.91 Å². The molecule has 1 atom stereocenters. The molecule has 5 rings (SSSR count). The molecule has 1 fully saturated rings. The first-order valence-electron chi connectivity index (χ1n) is 15.2. The standard InChI is InChI=1S/C36H37F3N4O2.2CH4/c1-2-40-35(45)33(25-8-4-3-5-9-25)42-29-20-16-27(17-21-29)41-28-18-22-30(23-19-28)43-34(44)32-11-7-6-10-31(32)24-12-14-26(15-13-24)36(37,38)39;;/h3-15,18-19,22-23,27,29,33,41-42H,2,16-17,20-21H2,1H3,(H,40,45)(H,43,44);2*1H4. The zero-order chi connectivity index (χ0) is 31.8. The van der Waals surface area contributed by atoms with Gasteiger partial charge >= 0.3 is 6.18 Å². The van der Waals surface area contributed by atoms with Crippen LogP contribution in [0.15, 0.2) is 103 Å². The van der Waals surface area contributed by atoms with Crippen LogP contribution in [-0.4, -0.2) is 30.4 Å². The van der Waals surface area contributed by atoms with Crippen molar-refractivity contribution in [2.45, 2.75) is 71.8 Å². The van der Waals surface area contributed by atoms with Gasteiger partial charge in [-0.1, -0.05) is 75.5 Å². The van der Waals surface area contributed by atoms with E-state index in [1.54, 1.807) is 24.3 Å². The van der Waals surface area contributed by atoms with E-state index in [1.165, 1.54) is 12.1 Å². The second-order valence-electron chi connectivity index (χ2n) is 11.2. The Labute approximate surface area is 276 Å². The number of nitrogens with one attached hydrogen (secondary N) is 4. The van der Waals surface area contributed by atoms with Gasteiger partial charge in [0.1, 0.15) is 6.04 Å². The molecule has 0 heterocycles. The van der Waals surface area contributed by atoms with Gasteiger partial charge in [-0.15, -0.1) is 0 Å². The average Bonchev–Trinajstić information content (AvgIpc) is 3.05. The maximum absolute atomic E-state index is 13.2. The van der Waals surface area contributed by atoms with Gasteiger partial charge in [0, 0.05) is 35.6 Å². The van der Waals surface area contributed by atoms with Gasteiger partial charge in [0.15, 0.2) is 0 Å². The Morgan fingerprint density at radius 1 is 0.745 bits per heavy atom. The molecule has 250 valence electrons. The molecule has 0 aromatic heterocycles. The van der Waals surface area contributed by atoms with E-state index in [1.807, 2.05) is 61.5 Å². The van der Waals surface area contributed by atoms with Crippen molar-refractivity contribution in [3.63, 3.8) is 0 Å². The molecule has 4 aromatic carbocycles. The van der Waals surface area contributed by atoms with Crippen LogP contribution >= 0.6 is 0 Å². The first-order chi connectivity index (χ1) is 21.7. The van der Waals surface area contributed by atoms with Crippen LogP contribution in [0, 0.1) is 0 Å². The lowest BCUT2D eigenvalue weighted by atomic mass is 9.90. The summed E-state index contributed by atoms with van der Waals surface area (Å²) in [6.45, 7) is 2.50. The number of carbonyl (C=O) groups excluding carboxylic acids is 2. The minimum atomic E-state index is -4.42. The van der Waals surface area contributed by atoms with Gasteiger partial charge in [0.25, 0.3) is 5.91 Å². The van der Waals surface area contributed by atoms with Gasteiger partial charge in [-0.25, -0.2) is 0 Å². The van der Waals surface area contributed by atoms with E-state index in [2.05, 4.69) is 21.3 Å². The molecule has 4 aromatic rings. The van der Waals surface area contributed by atoms with Gasteiger partial charge in [-0.3, -0.25) is 14.9 Å². The zero-order valence-corrected chi connectivity index (χ0v) is 25.0. The zero-order valence-electron chi connectivity index (χ0n) is 25.0. The summed E-state index contributed by atoms with van der Waals surface area (Å²) < 4.78 is 39.0. The smallest absolute Gasteiger partial charge is 0.382 e. The average molecular weight is 647 g/mol. The van der Waals surface area contributed by atoms with Crippen LogP contribution in [0.3, 0.4) is 0 Å². The van der Waals surface area contributed by atoms with Gasteiger partial charge in [-0.05, 0) is 91.8 Å². The maximum Gasteiger partial charge on any atom is 0.416 e. The summed E-state index contributed by atoms with van der Waals surface area (Å²) >= 11 is 0. The van der Waals surface area contributed by atoms with Gasteiger partial charge < -0.3 is 16.0 Å². The van der Waals surface area contributed by atoms with Crippen molar-refractivity contribution in [2.75, 3.05) is 17.2 Å². The van der Waals surface area contributed by atoms with Gasteiger partial charge in [-0.2, -0.15) is 13.2 Å². The number of alkyl halides is 3. The van der Waals surface area contributed by atoms with E-state index in [4.69, 9.17) is 0 Å². The monoisotopic (exact) mass is 646 g/mol. The third kappa shape index (κ3) is 9.68. The van der Waals surface area contributed by atoms with Crippen LogP contribution in [0.5, 0.6) is 0 Å². The second kappa shape index (κ2) is 16.8. The highest BCUT2D eigenvalue weighted by Crippen LogP contribution is 2.32. The molecule has 6 nitrogen and oxygen atoms in total. The molecule has 0 saturated heterocycles. The Morgan fingerprint density at radius 3 is 1.94 bits per heavy atom. The predicted molar refractivity (Wildman–Crippen MR) is 185 cm³/mol. The van der Waals surface area contributed by atoms with Gasteiger partial charge in [0.05, 0.1) is 5.56 Å². The summed E-state index contributed by atoms with van der Waals surface area (Å²) in [7, 11) is 0. The van der Waals surface area contributed by atoms with E-state index in [0.29, 0.717) is 35.0 Å². The summed E-state index contributed by atoms with van der Waals surface area (Å²) in [6.07, 6.45) is -0.645. The van der Waals surface area contributed by atoms with Crippen molar-refractivity contribution in [2.24, 2.45) is 0 Å². The number of likely N-dealkylation sites (N-methyl/N-ethyl adjacent to an activating group) is 1. The number of hydrogen-bond acceptors (Lipinski definition) is 4. The van der Waals surface area contributed by atoms with E-state index < -0.39 is 11.7 Å². The Balaban J connectivity index is 0.00000300. The minimum Gasteiger partial charge on any atom is -0.382 e. The Bertz CT molecular complexity index is 1570. The number of amides is 2. The van der Waals surface area contributed by atoms with Crippen molar-refractivity contribution in [1.29, 1.82) is 0 Å². The molecule has 0 aliphatic heterocycles. The number of benzene rings is 4. The highest BCUT2D eigenvalue weighted by atomic mass is 19.4. The fourth-order valence-electron chi connectivity index (χ4n) is 5.74. The molecule has 1 saturated carbocycles. The molecule has 2 amide bonds. The third-order valence-electron chi connectivity index (χ3n) is 8.08. The van der Waals surface area contributed by atoms with Crippen LogP contribution < -0.4 is 21.3 Å². The third-order valence-corrected chi connectivity index (χ3v) is 8.08. The summed E-state index contributed by atoms with van der Waals surface area (Å²) in [6, 6.07) is 29.1. The predicted octanol–water partition coefficient (Wildman–Crippen LogP) is 9.09. The van der Waals surface area contributed by atoms with Crippen molar-refractivity contribution in [3.8, 4) is 11.1 Å². The second-order valence-corrected chi connectivity index (χ2v) is 11.2. The molecule has 4 N–H and O–H groups in total. The fraction of sp³-hybridized carbons (Fsp3) is 0.316. The Morgan fingerprint density at radius 2 is 1.32 bits per heavy atom. The van der Waals surface area contributed by atoms with Crippen LogP contribution in [0.2, 0.25) is 0 Å². The molecule has 1 aliphatic rings. The molecule has 0 bridgehead atoms. The Kier molecular flexibility index (Phi) is 13.2. The van der Waals surface area contributed by atoms with Crippen LogP contribution in [-0.2, 0) is 11.0 Å². The van der Waals surface area contributed by atoms with E-state index in [9.17, 15) is 22.8 Å². The molecule has 9 heteroatoms. The first-order valence-corrected chi connectivity index (χ1v) is 15.2. The number of carbonyl (C=O) groups is 2. The van der Waals surface area contributed by atoms with Crippen molar-refractivity contribution in [1.82, 2.24) is 10.6 Å². The molecular formula is C38H45F3N4O2.